The number of para-hydroxylation sites is 4. The molecule has 0 saturated heterocycles. The summed E-state index contributed by atoms with van der Waals surface area (Å²) in [5, 5.41) is 3.03. The third-order valence-electron chi connectivity index (χ3n) is 8.20. The predicted octanol–water partition coefficient (Wildman–Crippen LogP) is 6.80. The summed E-state index contributed by atoms with van der Waals surface area (Å²) in [6.07, 6.45) is 3.10. The van der Waals surface area contributed by atoms with Crippen LogP contribution in [0.25, 0.3) is 11.0 Å². The SMILES string of the molecule is CC(C)(C)OC(=O)NCC(N1COc2ccccc21)N(Cc1nc2ccccc2n1C(=O)OC(C)(C)C)C1CCCc2cccnc21. The van der Waals surface area contributed by atoms with E-state index in [1.54, 1.807) is 4.57 Å². The number of nitrogens with one attached hydrogen (secondary N) is 1. The van der Waals surface area contributed by atoms with Crippen molar-refractivity contribution in [3.8, 4) is 5.75 Å². The summed E-state index contributed by atoms with van der Waals surface area (Å²) in [5.74, 6) is 1.29. The summed E-state index contributed by atoms with van der Waals surface area (Å²) < 4.78 is 19.3. The van der Waals surface area contributed by atoms with Gasteiger partial charge in [0.2, 0.25) is 0 Å². The number of imidazole rings is 1. The zero-order valence-electron chi connectivity index (χ0n) is 28.0. The lowest BCUT2D eigenvalue weighted by Gasteiger charge is -2.43. The highest BCUT2D eigenvalue weighted by Crippen LogP contribution is 2.40. The summed E-state index contributed by atoms with van der Waals surface area (Å²) in [5.41, 5.74) is 3.06. The molecule has 248 valence electrons. The molecule has 47 heavy (non-hydrogen) atoms. The zero-order chi connectivity index (χ0) is 33.3. The van der Waals surface area contributed by atoms with Crippen LogP contribution in [0.5, 0.6) is 5.75 Å². The van der Waals surface area contributed by atoms with Crippen LogP contribution in [0.2, 0.25) is 0 Å². The van der Waals surface area contributed by atoms with Gasteiger partial charge in [-0.25, -0.2) is 19.1 Å². The van der Waals surface area contributed by atoms with Gasteiger partial charge in [0.25, 0.3) is 0 Å². The Morgan fingerprint density at radius 3 is 2.53 bits per heavy atom. The van der Waals surface area contributed by atoms with Crippen LogP contribution in [0.3, 0.4) is 0 Å². The average molecular weight is 641 g/mol. The van der Waals surface area contributed by atoms with Gasteiger partial charge in [0.15, 0.2) is 6.73 Å². The number of ether oxygens (including phenoxy) is 3. The van der Waals surface area contributed by atoms with Gasteiger partial charge in [-0.15, -0.1) is 0 Å². The van der Waals surface area contributed by atoms with Crippen LogP contribution >= 0.6 is 0 Å². The highest BCUT2D eigenvalue weighted by Gasteiger charge is 2.39. The molecule has 0 fully saturated rings. The monoisotopic (exact) mass is 640 g/mol. The molecule has 2 aliphatic rings. The number of carbonyl (C=O) groups is 2. The number of anilines is 1. The summed E-state index contributed by atoms with van der Waals surface area (Å²) >= 11 is 0. The van der Waals surface area contributed by atoms with E-state index in [1.165, 1.54) is 5.56 Å². The Hall–Kier alpha value is -4.64. The van der Waals surface area contributed by atoms with Crippen molar-refractivity contribution < 1.29 is 23.8 Å². The van der Waals surface area contributed by atoms with E-state index >= 15 is 0 Å². The highest BCUT2D eigenvalue weighted by atomic mass is 16.6. The molecule has 2 aromatic heterocycles. The van der Waals surface area contributed by atoms with Crippen LogP contribution in [0.15, 0.2) is 66.9 Å². The van der Waals surface area contributed by atoms with Crippen molar-refractivity contribution in [1.29, 1.82) is 0 Å². The molecular formula is C36H44N6O5. The van der Waals surface area contributed by atoms with Crippen molar-refractivity contribution in [2.45, 2.75) is 90.8 Å². The number of pyridine rings is 1. The first kappa shape index (κ1) is 32.3. The number of fused-ring (bicyclic) bond motifs is 3. The molecule has 11 heteroatoms. The van der Waals surface area contributed by atoms with Crippen molar-refractivity contribution in [3.63, 3.8) is 0 Å². The molecule has 6 rings (SSSR count). The van der Waals surface area contributed by atoms with Crippen LogP contribution < -0.4 is 15.0 Å². The molecular weight excluding hydrogens is 596 g/mol. The number of alkyl carbamates (subject to hydrolysis) is 1. The summed E-state index contributed by atoms with van der Waals surface area (Å²) in [4.78, 5) is 41.2. The Bertz CT molecular complexity index is 1760. The number of nitrogens with zero attached hydrogens (tertiary/aromatic N) is 5. The van der Waals surface area contributed by atoms with Gasteiger partial charge < -0.3 is 24.4 Å². The Kier molecular flexibility index (Phi) is 8.84. The molecule has 1 aliphatic carbocycles. The highest BCUT2D eigenvalue weighted by molar-refractivity contribution is 5.87. The second-order valence-electron chi connectivity index (χ2n) is 14.0. The average Bonchev–Trinajstić information content (AvgIpc) is 3.60. The third kappa shape index (κ3) is 7.20. The third-order valence-corrected chi connectivity index (χ3v) is 8.20. The maximum Gasteiger partial charge on any atom is 0.420 e. The van der Waals surface area contributed by atoms with Gasteiger partial charge in [0.05, 0.1) is 41.5 Å². The fourth-order valence-corrected chi connectivity index (χ4v) is 6.35. The Morgan fingerprint density at radius 2 is 1.74 bits per heavy atom. The molecule has 1 aliphatic heterocycles. The van der Waals surface area contributed by atoms with Crippen molar-refractivity contribution in [2.24, 2.45) is 0 Å². The molecule has 0 bridgehead atoms. The van der Waals surface area contributed by atoms with Crippen LogP contribution in [0.1, 0.15) is 77.5 Å². The van der Waals surface area contributed by atoms with Crippen LogP contribution in [0, 0.1) is 0 Å². The van der Waals surface area contributed by atoms with Gasteiger partial charge in [-0.05, 0) is 96.7 Å². The Balaban J connectivity index is 1.48. The Morgan fingerprint density at radius 1 is 1.00 bits per heavy atom. The lowest BCUT2D eigenvalue weighted by Crippen LogP contribution is -2.56. The topological polar surface area (TPSA) is 111 Å². The molecule has 1 amide bonds. The van der Waals surface area contributed by atoms with Crippen molar-refractivity contribution >= 4 is 28.9 Å². The maximum absolute atomic E-state index is 13.8. The smallest absolute Gasteiger partial charge is 0.420 e. The van der Waals surface area contributed by atoms with E-state index in [0.717, 1.165) is 36.4 Å². The molecule has 11 nitrogen and oxygen atoms in total. The summed E-state index contributed by atoms with van der Waals surface area (Å²) in [7, 11) is 0. The van der Waals surface area contributed by atoms with Gasteiger partial charge in [-0.2, -0.15) is 0 Å². The lowest BCUT2D eigenvalue weighted by atomic mass is 9.90. The number of benzene rings is 2. The predicted molar refractivity (Wildman–Crippen MR) is 179 cm³/mol. The van der Waals surface area contributed by atoms with Gasteiger partial charge in [-0.1, -0.05) is 30.3 Å². The minimum Gasteiger partial charge on any atom is -0.471 e. The van der Waals surface area contributed by atoms with Crippen molar-refractivity contribution in [2.75, 3.05) is 18.2 Å². The van der Waals surface area contributed by atoms with E-state index in [-0.39, 0.29) is 25.9 Å². The molecule has 2 unspecified atom stereocenters. The quantitative estimate of drug-likeness (QED) is 0.233. The van der Waals surface area contributed by atoms with E-state index in [0.29, 0.717) is 16.9 Å². The minimum atomic E-state index is -0.706. The largest absolute Gasteiger partial charge is 0.471 e. The van der Waals surface area contributed by atoms with Crippen LogP contribution in [0.4, 0.5) is 15.3 Å². The Labute approximate surface area is 275 Å². The molecule has 0 saturated carbocycles. The van der Waals surface area contributed by atoms with E-state index in [1.807, 2.05) is 102 Å². The molecule has 0 radical (unpaired) electrons. The zero-order valence-corrected chi connectivity index (χ0v) is 28.0. The fraction of sp³-hybridized carbons (Fsp3) is 0.444. The minimum absolute atomic E-state index is 0.148. The van der Waals surface area contributed by atoms with E-state index in [9.17, 15) is 9.59 Å². The number of aryl methyl sites for hydroxylation is 1. The first-order valence-electron chi connectivity index (χ1n) is 16.2. The number of amides is 1. The molecule has 0 spiro atoms. The van der Waals surface area contributed by atoms with Gasteiger partial charge in [-0.3, -0.25) is 9.88 Å². The second-order valence-corrected chi connectivity index (χ2v) is 14.0. The number of rotatable bonds is 7. The van der Waals surface area contributed by atoms with Crippen LogP contribution in [-0.2, 0) is 22.4 Å². The van der Waals surface area contributed by atoms with E-state index in [4.69, 9.17) is 24.2 Å². The second kappa shape index (κ2) is 12.9. The van der Waals surface area contributed by atoms with Crippen molar-refractivity contribution in [3.05, 3.63) is 83.9 Å². The van der Waals surface area contributed by atoms with Gasteiger partial charge in [0, 0.05) is 6.20 Å². The van der Waals surface area contributed by atoms with Gasteiger partial charge >= 0.3 is 12.2 Å². The molecule has 2 atom stereocenters. The number of hydrogen-bond donors (Lipinski definition) is 1. The molecule has 1 N–H and O–H groups in total. The number of hydrogen-bond acceptors (Lipinski definition) is 9. The number of carbonyl (C=O) groups excluding carboxylic acids is 2. The maximum atomic E-state index is 13.8. The first-order valence-corrected chi connectivity index (χ1v) is 16.2. The van der Waals surface area contributed by atoms with E-state index < -0.39 is 29.6 Å². The summed E-state index contributed by atoms with van der Waals surface area (Å²) in [6, 6.07) is 19.4. The fourth-order valence-electron chi connectivity index (χ4n) is 6.35. The van der Waals surface area contributed by atoms with Gasteiger partial charge in [0.1, 0.15) is 28.9 Å². The van der Waals surface area contributed by atoms with Crippen LogP contribution in [-0.4, -0.2) is 62.3 Å². The molecule has 3 heterocycles. The first-order chi connectivity index (χ1) is 22.4. The lowest BCUT2D eigenvalue weighted by molar-refractivity contribution is 0.0461. The number of aromatic nitrogens is 3. The summed E-state index contributed by atoms with van der Waals surface area (Å²) in [6.45, 7) is 11.8. The molecule has 2 aromatic carbocycles. The van der Waals surface area contributed by atoms with Crippen molar-refractivity contribution in [1.82, 2.24) is 24.8 Å². The van der Waals surface area contributed by atoms with E-state index in [2.05, 4.69) is 21.2 Å². The normalized spacial score (nSPS) is 16.7. The standard InChI is InChI=1S/C36H44N6O5/c1-35(2,3)46-33(43)38-21-31(41-23-45-29-19-10-9-17-27(29)41)40(28-18-11-13-24-14-12-20-37-32(24)28)22-30-39-25-15-7-8-16-26(25)42(30)34(44)47-36(4,5)6/h7-10,12,14-17,19-20,28,31H,11,13,18,21-23H2,1-6H3,(H,38,43). The molecule has 4 aromatic rings.